The van der Waals surface area contributed by atoms with Gasteiger partial charge in [-0.1, -0.05) is 11.3 Å². The molecule has 0 saturated heterocycles. The number of halogens is 1. The predicted octanol–water partition coefficient (Wildman–Crippen LogP) is -0.251. The second-order valence-corrected chi connectivity index (χ2v) is 5.62. The first-order chi connectivity index (χ1) is 5.06. The minimum absolute atomic E-state index is 0.121. The van der Waals surface area contributed by atoms with E-state index in [1.165, 1.54) is 22.9 Å². The van der Waals surface area contributed by atoms with Crippen LogP contribution in [0, 0.1) is 0 Å². The van der Waals surface area contributed by atoms with Gasteiger partial charge in [-0.15, -0.1) is 13.1 Å². The fourth-order valence-corrected chi connectivity index (χ4v) is 2.81. The molecule has 0 bridgehead atoms. The van der Waals surface area contributed by atoms with Gasteiger partial charge in [-0.2, -0.15) is 0 Å². The van der Waals surface area contributed by atoms with E-state index in [0.717, 1.165) is 11.3 Å². The van der Waals surface area contributed by atoms with Crippen LogP contribution in [-0.2, 0) is 10.0 Å². The third-order valence-electron chi connectivity index (χ3n) is 0.754. The van der Waals surface area contributed by atoms with E-state index in [0.29, 0.717) is 0 Å². The van der Waals surface area contributed by atoms with Crippen LogP contribution in [0.3, 0.4) is 0 Å². The molecule has 0 aliphatic rings. The standard InChI is InChI=1S/C2H3IN4O2S2/c3-7-11(8,9)2-6-5-1(4)10-2/h7H,(H2,4,5). The highest BCUT2D eigenvalue weighted by molar-refractivity contribution is 14.1. The number of nitrogen functional groups attached to an aromatic ring is 1. The molecule has 0 amide bonds. The molecule has 0 spiro atoms. The van der Waals surface area contributed by atoms with Crippen molar-refractivity contribution in [3.05, 3.63) is 0 Å². The Balaban J connectivity index is 3.13. The number of sulfonamides is 1. The molecular formula is C2H3IN4O2S2. The molecule has 11 heavy (non-hydrogen) atoms. The zero-order chi connectivity index (χ0) is 8.48. The van der Waals surface area contributed by atoms with Gasteiger partial charge in [-0.05, 0) is 0 Å². The van der Waals surface area contributed by atoms with Crippen molar-refractivity contribution in [2.24, 2.45) is 0 Å². The lowest BCUT2D eigenvalue weighted by Crippen LogP contribution is -2.12. The van der Waals surface area contributed by atoms with Crippen LogP contribution in [0.2, 0.25) is 0 Å². The summed E-state index contributed by atoms with van der Waals surface area (Å²) in [7, 11) is -3.48. The molecule has 3 N–H and O–H groups in total. The Morgan fingerprint density at radius 2 is 2.18 bits per heavy atom. The maximum atomic E-state index is 10.9. The number of rotatable bonds is 2. The Kier molecular flexibility index (Phi) is 2.61. The fourth-order valence-electron chi connectivity index (χ4n) is 0.362. The lowest BCUT2D eigenvalue weighted by Gasteiger charge is -1.90. The van der Waals surface area contributed by atoms with E-state index in [4.69, 9.17) is 5.73 Å². The van der Waals surface area contributed by atoms with Crippen LogP contribution in [0.25, 0.3) is 0 Å². The normalized spacial score (nSPS) is 11.7. The summed E-state index contributed by atoms with van der Waals surface area (Å²) in [6.45, 7) is 0. The van der Waals surface area contributed by atoms with Crippen molar-refractivity contribution in [1.82, 2.24) is 13.1 Å². The maximum absolute atomic E-state index is 10.9. The highest BCUT2D eigenvalue weighted by atomic mass is 127. The van der Waals surface area contributed by atoms with E-state index in [1.807, 2.05) is 0 Å². The summed E-state index contributed by atoms with van der Waals surface area (Å²) < 4.78 is 23.8. The number of nitrogens with one attached hydrogen (secondary N) is 1. The first-order valence-corrected chi connectivity index (χ1v) is 5.65. The van der Waals surface area contributed by atoms with E-state index in [1.54, 1.807) is 0 Å². The van der Waals surface area contributed by atoms with Gasteiger partial charge in [0.05, 0.1) is 0 Å². The summed E-state index contributed by atoms with van der Waals surface area (Å²) in [6.07, 6.45) is 0. The van der Waals surface area contributed by atoms with E-state index >= 15 is 0 Å². The number of hydrogen-bond acceptors (Lipinski definition) is 6. The lowest BCUT2D eigenvalue weighted by atomic mass is 11.3. The molecule has 0 aromatic carbocycles. The molecule has 0 aliphatic heterocycles. The fraction of sp³-hybridized carbons (Fsp3) is 0. The van der Waals surface area contributed by atoms with Crippen molar-refractivity contribution in [1.29, 1.82) is 0 Å². The topological polar surface area (TPSA) is 98.0 Å². The molecule has 0 radical (unpaired) electrons. The molecule has 0 saturated carbocycles. The number of hydrogen-bond donors (Lipinski definition) is 2. The van der Waals surface area contributed by atoms with Crippen molar-refractivity contribution in [2.75, 3.05) is 5.73 Å². The van der Waals surface area contributed by atoms with E-state index in [2.05, 4.69) is 13.1 Å². The first kappa shape index (κ1) is 9.09. The molecule has 6 nitrogen and oxygen atoms in total. The number of aromatic nitrogens is 2. The average molecular weight is 306 g/mol. The molecule has 1 aromatic rings. The second-order valence-electron chi connectivity index (χ2n) is 1.49. The van der Waals surface area contributed by atoms with Crippen molar-refractivity contribution < 1.29 is 8.42 Å². The average Bonchev–Trinajstić information content (AvgIpc) is 2.36. The van der Waals surface area contributed by atoms with Gasteiger partial charge in [0.15, 0.2) is 0 Å². The summed E-state index contributed by atoms with van der Waals surface area (Å²) in [5.74, 6) is 0. The minimum atomic E-state index is -3.48. The van der Waals surface area contributed by atoms with Crippen LogP contribution in [0.15, 0.2) is 4.34 Å². The molecule has 9 heteroatoms. The van der Waals surface area contributed by atoms with Gasteiger partial charge >= 0.3 is 0 Å². The van der Waals surface area contributed by atoms with Gasteiger partial charge in [-0.3, -0.25) is 0 Å². The van der Waals surface area contributed by atoms with Crippen molar-refractivity contribution >= 4 is 49.4 Å². The predicted molar refractivity (Wildman–Crippen MR) is 48.7 cm³/mol. The van der Waals surface area contributed by atoms with Crippen molar-refractivity contribution in [2.45, 2.75) is 4.34 Å². The largest absolute Gasteiger partial charge is 0.374 e. The Labute approximate surface area is 80.7 Å². The van der Waals surface area contributed by atoms with Gasteiger partial charge in [-0.25, -0.2) is 8.42 Å². The van der Waals surface area contributed by atoms with Gasteiger partial charge < -0.3 is 5.73 Å². The van der Waals surface area contributed by atoms with E-state index in [9.17, 15) is 8.42 Å². The summed E-state index contributed by atoms with van der Waals surface area (Å²) in [6, 6.07) is 0. The van der Waals surface area contributed by atoms with Crippen molar-refractivity contribution in [3.63, 3.8) is 0 Å². The number of nitrogens with two attached hydrogens (primary N) is 1. The lowest BCUT2D eigenvalue weighted by molar-refractivity contribution is 0.594. The van der Waals surface area contributed by atoms with Gasteiger partial charge in [0.1, 0.15) is 0 Å². The Morgan fingerprint density at radius 3 is 2.55 bits per heavy atom. The van der Waals surface area contributed by atoms with Crippen molar-refractivity contribution in [3.8, 4) is 0 Å². The van der Waals surface area contributed by atoms with Crippen LogP contribution < -0.4 is 8.67 Å². The number of anilines is 1. The van der Waals surface area contributed by atoms with Crippen LogP contribution in [-0.4, -0.2) is 18.6 Å². The quantitative estimate of drug-likeness (QED) is 0.580. The third kappa shape index (κ3) is 1.98. The summed E-state index contributed by atoms with van der Waals surface area (Å²) in [5.41, 5.74) is 5.18. The summed E-state index contributed by atoms with van der Waals surface area (Å²) >= 11 is 2.32. The highest BCUT2D eigenvalue weighted by Gasteiger charge is 2.17. The van der Waals surface area contributed by atoms with Gasteiger partial charge in [0.25, 0.3) is 10.0 Å². The second kappa shape index (κ2) is 3.16. The molecule has 0 aliphatic carbocycles. The summed E-state index contributed by atoms with van der Waals surface area (Å²) in [4.78, 5) is 0. The van der Waals surface area contributed by atoms with E-state index in [-0.39, 0.29) is 9.47 Å². The Hall–Kier alpha value is 0.0000000000000000278. The minimum Gasteiger partial charge on any atom is -0.374 e. The molecule has 0 unspecified atom stereocenters. The molecule has 1 rings (SSSR count). The SMILES string of the molecule is Nc1nnc(S(=O)(=O)NI)s1. The van der Waals surface area contributed by atoms with E-state index < -0.39 is 10.0 Å². The monoisotopic (exact) mass is 306 g/mol. The van der Waals surface area contributed by atoms with Gasteiger partial charge in [0, 0.05) is 22.9 Å². The van der Waals surface area contributed by atoms with Gasteiger partial charge in [0.2, 0.25) is 9.47 Å². The van der Waals surface area contributed by atoms with Crippen LogP contribution in [0.4, 0.5) is 5.13 Å². The maximum Gasteiger partial charge on any atom is 0.278 e. The van der Waals surface area contributed by atoms with Crippen LogP contribution >= 0.6 is 34.2 Å². The zero-order valence-corrected chi connectivity index (χ0v) is 8.77. The zero-order valence-electron chi connectivity index (χ0n) is 4.98. The summed E-state index contributed by atoms with van der Waals surface area (Å²) in [5, 5.41) is 6.84. The third-order valence-corrected chi connectivity index (χ3v) is 4.69. The molecule has 1 heterocycles. The first-order valence-electron chi connectivity index (χ1n) is 2.27. The smallest absolute Gasteiger partial charge is 0.278 e. The molecule has 0 fully saturated rings. The highest BCUT2D eigenvalue weighted by Crippen LogP contribution is 2.16. The molecule has 1 aromatic heterocycles. The number of nitrogens with zero attached hydrogens (tertiary/aromatic N) is 2. The van der Waals surface area contributed by atoms with Crippen LogP contribution in [0.5, 0.6) is 0 Å². The molecule has 0 atom stereocenters. The molecular weight excluding hydrogens is 303 g/mol. The van der Waals surface area contributed by atoms with Crippen LogP contribution in [0.1, 0.15) is 0 Å². The Morgan fingerprint density at radius 1 is 1.55 bits per heavy atom. The molecule has 62 valence electrons. The Bertz CT molecular complexity index is 345.